The van der Waals surface area contributed by atoms with E-state index in [-0.39, 0.29) is 5.92 Å². The zero-order valence-corrected chi connectivity index (χ0v) is 20.2. The number of ether oxygens (including phenoxy) is 1. The van der Waals surface area contributed by atoms with Crippen LogP contribution in [0.2, 0.25) is 0 Å². The Morgan fingerprint density at radius 2 is 1.53 bits per heavy atom. The van der Waals surface area contributed by atoms with Gasteiger partial charge in [-0.15, -0.1) is 0 Å². The van der Waals surface area contributed by atoms with Gasteiger partial charge in [-0.3, -0.25) is 9.69 Å². The summed E-state index contributed by atoms with van der Waals surface area (Å²) in [5.41, 5.74) is 2.45. The molecule has 0 unspecified atom stereocenters. The van der Waals surface area contributed by atoms with Gasteiger partial charge < -0.3 is 9.64 Å². The lowest BCUT2D eigenvalue weighted by molar-refractivity contribution is -0.137. The van der Waals surface area contributed by atoms with Gasteiger partial charge >= 0.3 is 0 Å². The van der Waals surface area contributed by atoms with Crippen LogP contribution in [0.5, 0.6) is 11.5 Å². The van der Waals surface area contributed by atoms with Gasteiger partial charge in [0, 0.05) is 25.6 Å². The second-order valence-electron chi connectivity index (χ2n) is 9.21. The molecule has 34 heavy (non-hydrogen) atoms. The van der Waals surface area contributed by atoms with Crippen LogP contribution < -0.4 is 4.74 Å². The number of carbonyl (C=O) groups is 1. The van der Waals surface area contributed by atoms with E-state index in [1.807, 2.05) is 42.5 Å². The number of rotatable bonds is 10. The van der Waals surface area contributed by atoms with Gasteiger partial charge in [-0.05, 0) is 67.7 Å². The van der Waals surface area contributed by atoms with E-state index < -0.39 is 0 Å². The predicted octanol–water partition coefficient (Wildman–Crippen LogP) is 6.52. The molecule has 0 atom stereocenters. The van der Waals surface area contributed by atoms with Crippen molar-refractivity contribution in [1.82, 2.24) is 9.80 Å². The maximum atomic E-state index is 13.4. The maximum Gasteiger partial charge on any atom is 0.226 e. The molecular formula is C30H36N2O2. The molecule has 0 bridgehead atoms. The van der Waals surface area contributed by atoms with Crippen LogP contribution in [0.3, 0.4) is 0 Å². The molecule has 178 valence electrons. The number of piperidine rings is 1. The lowest BCUT2D eigenvalue weighted by atomic mass is 9.94. The van der Waals surface area contributed by atoms with E-state index >= 15 is 0 Å². The van der Waals surface area contributed by atoms with Crippen LogP contribution in [0.1, 0.15) is 43.7 Å². The summed E-state index contributed by atoms with van der Waals surface area (Å²) in [5, 5.41) is 0. The van der Waals surface area contributed by atoms with E-state index in [9.17, 15) is 4.79 Å². The van der Waals surface area contributed by atoms with E-state index in [2.05, 4.69) is 59.2 Å². The fourth-order valence-corrected chi connectivity index (χ4v) is 4.61. The summed E-state index contributed by atoms with van der Waals surface area (Å²) >= 11 is 0. The molecule has 0 N–H and O–H groups in total. The molecular weight excluding hydrogens is 420 g/mol. The average Bonchev–Trinajstić information content (AvgIpc) is 2.88. The van der Waals surface area contributed by atoms with Gasteiger partial charge in [0.2, 0.25) is 5.91 Å². The highest BCUT2D eigenvalue weighted by atomic mass is 16.5. The highest BCUT2D eigenvalue weighted by Gasteiger charge is 2.28. The first-order valence-corrected chi connectivity index (χ1v) is 12.6. The van der Waals surface area contributed by atoms with Crippen molar-refractivity contribution in [1.29, 1.82) is 0 Å². The van der Waals surface area contributed by atoms with Gasteiger partial charge in [0.25, 0.3) is 0 Å². The SMILES string of the molecule is CCCCN(Cc1ccccc1)C(=O)C1CCN(Cc2cccc(Oc3ccccc3)c2)CC1. The van der Waals surface area contributed by atoms with Crippen LogP contribution >= 0.6 is 0 Å². The summed E-state index contributed by atoms with van der Waals surface area (Å²) in [5.74, 6) is 2.17. The quantitative estimate of drug-likeness (QED) is 0.348. The molecule has 0 aliphatic carbocycles. The molecule has 1 amide bonds. The third kappa shape index (κ3) is 6.94. The highest BCUT2D eigenvalue weighted by Crippen LogP contribution is 2.25. The largest absolute Gasteiger partial charge is 0.457 e. The Balaban J connectivity index is 1.30. The summed E-state index contributed by atoms with van der Waals surface area (Å²) in [6.45, 7) is 6.53. The van der Waals surface area contributed by atoms with E-state index in [0.717, 1.165) is 63.4 Å². The van der Waals surface area contributed by atoms with E-state index in [4.69, 9.17) is 4.74 Å². The van der Waals surface area contributed by atoms with Gasteiger partial charge in [-0.25, -0.2) is 0 Å². The predicted molar refractivity (Wildman–Crippen MR) is 138 cm³/mol. The van der Waals surface area contributed by atoms with Crippen LogP contribution in [0.25, 0.3) is 0 Å². The molecule has 1 heterocycles. The summed E-state index contributed by atoms with van der Waals surface area (Å²) in [6.07, 6.45) is 4.01. The van der Waals surface area contributed by atoms with Crippen molar-refractivity contribution < 1.29 is 9.53 Å². The summed E-state index contributed by atoms with van der Waals surface area (Å²) in [4.78, 5) is 17.9. The number of nitrogens with zero attached hydrogens (tertiary/aromatic N) is 2. The first-order valence-electron chi connectivity index (χ1n) is 12.6. The van der Waals surface area contributed by atoms with Crippen LogP contribution in [0.4, 0.5) is 0 Å². The molecule has 4 rings (SSSR count). The van der Waals surface area contributed by atoms with Gasteiger partial charge in [0.15, 0.2) is 0 Å². The number of hydrogen-bond acceptors (Lipinski definition) is 3. The molecule has 3 aromatic carbocycles. The first-order chi connectivity index (χ1) is 16.7. The zero-order valence-electron chi connectivity index (χ0n) is 20.2. The molecule has 1 aliphatic rings. The van der Waals surface area contributed by atoms with Crippen LogP contribution in [0, 0.1) is 5.92 Å². The Labute approximate surface area is 204 Å². The fraction of sp³-hybridized carbons (Fsp3) is 0.367. The van der Waals surface area contributed by atoms with Crippen LogP contribution in [0.15, 0.2) is 84.9 Å². The number of likely N-dealkylation sites (tertiary alicyclic amines) is 1. The Kier molecular flexibility index (Phi) is 8.75. The third-order valence-corrected chi connectivity index (χ3v) is 6.53. The number of hydrogen-bond donors (Lipinski definition) is 0. The van der Waals surface area contributed by atoms with Crippen molar-refractivity contribution in [2.45, 2.75) is 45.7 Å². The smallest absolute Gasteiger partial charge is 0.226 e. The second kappa shape index (κ2) is 12.4. The minimum Gasteiger partial charge on any atom is -0.457 e. The zero-order chi connectivity index (χ0) is 23.6. The normalized spacial score (nSPS) is 14.6. The number of unbranched alkanes of at least 4 members (excludes halogenated alkanes) is 1. The van der Waals surface area contributed by atoms with Gasteiger partial charge in [0.1, 0.15) is 11.5 Å². The van der Waals surface area contributed by atoms with E-state index in [0.29, 0.717) is 12.5 Å². The Morgan fingerprint density at radius 1 is 0.882 bits per heavy atom. The van der Waals surface area contributed by atoms with Crippen molar-refractivity contribution >= 4 is 5.91 Å². The lowest BCUT2D eigenvalue weighted by Gasteiger charge is -2.34. The minimum atomic E-state index is 0.129. The molecule has 3 aromatic rings. The lowest BCUT2D eigenvalue weighted by Crippen LogP contribution is -2.42. The highest BCUT2D eigenvalue weighted by molar-refractivity contribution is 5.79. The Hall–Kier alpha value is -3.11. The monoisotopic (exact) mass is 456 g/mol. The van der Waals surface area contributed by atoms with E-state index in [1.54, 1.807) is 0 Å². The fourth-order valence-electron chi connectivity index (χ4n) is 4.61. The molecule has 0 aromatic heterocycles. The van der Waals surface area contributed by atoms with Crippen molar-refractivity contribution in [3.05, 3.63) is 96.1 Å². The number of para-hydroxylation sites is 1. The number of carbonyl (C=O) groups excluding carboxylic acids is 1. The molecule has 4 nitrogen and oxygen atoms in total. The second-order valence-corrected chi connectivity index (χ2v) is 9.21. The van der Waals surface area contributed by atoms with Gasteiger partial charge in [-0.1, -0.05) is 74.0 Å². The Bertz CT molecular complexity index is 1010. The summed E-state index contributed by atoms with van der Waals surface area (Å²) in [6, 6.07) is 28.6. The molecule has 0 radical (unpaired) electrons. The topological polar surface area (TPSA) is 32.8 Å². The van der Waals surface area contributed by atoms with Crippen molar-refractivity contribution in [3.8, 4) is 11.5 Å². The molecule has 0 spiro atoms. The average molecular weight is 457 g/mol. The Morgan fingerprint density at radius 3 is 2.24 bits per heavy atom. The van der Waals surface area contributed by atoms with Gasteiger partial charge in [-0.2, -0.15) is 0 Å². The molecule has 1 aliphatic heterocycles. The first kappa shape index (κ1) is 24.0. The minimum absolute atomic E-state index is 0.129. The summed E-state index contributed by atoms with van der Waals surface area (Å²) in [7, 11) is 0. The maximum absolute atomic E-state index is 13.4. The van der Waals surface area contributed by atoms with Crippen molar-refractivity contribution in [2.75, 3.05) is 19.6 Å². The van der Waals surface area contributed by atoms with Crippen LogP contribution in [-0.2, 0) is 17.9 Å². The molecule has 0 saturated carbocycles. The number of benzene rings is 3. The standard InChI is InChI=1S/C30H36N2O2/c1-2-3-19-32(24-25-11-6-4-7-12-25)30(33)27-17-20-31(21-18-27)23-26-13-10-16-29(22-26)34-28-14-8-5-9-15-28/h4-16,22,27H,2-3,17-21,23-24H2,1H3. The van der Waals surface area contributed by atoms with E-state index in [1.165, 1.54) is 11.1 Å². The third-order valence-electron chi connectivity index (χ3n) is 6.53. The summed E-state index contributed by atoms with van der Waals surface area (Å²) < 4.78 is 6.00. The van der Waals surface area contributed by atoms with Gasteiger partial charge in [0.05, 0.1) is 0 Å². The molecule has 1 fully saturated rings. The van der Waals surface area contributed by atoms with Crippen molar-refractivity contribution in [3.63, 3.8) is 0 Å². The molecule has 1 saturated heterocycles. The van der Waals surface area contributed by atoms with Crippen molar-refractivity contribution in [2.24, 2.45) is 5.92 Å². The van der Waals surface area contributed by atoms with Crippen LogP contribution in [-0.4, -0.2) is 35.3 Å². The molecule has 4 heteroatoms. The number of amides is 1.